The van der Waals surface area contributed by atoms with Crippen LogP contribution in [0.4, 0.5) is 4.39 Å². The molecule has 0 amide bonds. The number of halogens is 1. The second-order valence-corrected chi connectivity index (χ2v) is 6.21. The number of rotatable bonds is 3. The van der Waals surface area contributed by atoms with E-state index < -0.39 is 0 Å². The average Bonchev–Trinajstić information content (AvgIpc) is 3.04. The summed E-state index contributed by atoms with van der Waals surface area (Å²) in [5, 5.41) is 0.609. The van der Waals surface area contributed by atoms with E-state index in [1.54, 1.807) is 6.07 Å². The Balaban J connectivity index is 1.62. The Morgan fingerprint density at radius 2 is 1.96 bits per heavy atom. The molecule has 1 aliphatic heterocycles. The summed E-state index contributed by atoms with van der Waals surface area (Å²) in [7, 11) is 0. The smallest absolute Gasteiger partial charge is 0.258 e. The Labute approximate surface area is 139 Å². The van der Waals surface area contributed by atoms with Gasteiger partial charge in [0.1, 0.15) is 11.6 Å². The maximum atomic E-state index is 13.1. The Bertz CT molecular complexity index is 920. The van der Waals surface area contributed by atoms with Crippen molar-refractivity contribution in [2.24, 2.45) is 0 Å². The monoisotopic (exact) mass is 323 g/mol. The van der Waals surface area contributed by atoms with Gasteiger partial charge in [-0.2, -0.15) is 0 Å². The number of hydrogen-bond donors (Lipinski definition) is 1. The number of aromatic amines is 1. The van der Waals surface area contributed by atoms with Gasteiger partial charge in [-0.3, -0.25) is 9.69 Å². The molecule has 1 N–H and O–H groups in total. The van der Waals surface area contributed by atoms with Gasteiger partial charge >= 0.3 is 0 Å². The number of likely N-dealkylation sites (tertiary alicyclic amines) is 1. The van der Waals surface area contributed by atoms with Crippen LogP contribution in [0, 0.1) is 5.82 Å². The minimum Gasteiger partial charge on any atom is -0.309 e. The van der Waals surface area contributed by atoms with Gasteiger partial charge in [-0.25, -0.2) is 9.37 Å². The van der Waals surface area contributed by atoms with Crippen molar-refractivity contribution in [2.45, 2.75) is 25.4 Å². The van der Waals surface area contributed by atoms with Crippen LogP contribution in [0.3, 0.4) is 0 Å². The molecule has 3 aromatic rings. The van der Waals surface area contributed by atoms with Crippen molar-refractivity contribution in [3.05, 3.63) is 76.1 Å². The van der Waals surface area contributed by atoms with E-state index in [1.807, 2.05) is 30.3 Å². The van der Waals surface area contributed by atoms with E-state index in [4.69, 9.17) is 0 Å². The quantitative estimate of drug-likeness (QED) is 0.804. The lowest BCUT2D eigenvalue weighted by Crippen LogP contribution is -2.25. The van der Waals surface area contributed by atoms with Crippen molar-refractivity contribution < 1.29 is 4.39 Å². The van der Waals surface area contributed by atoms with Crippen LogP contribution in [-0.4, -0.2) is 21.4 Å². The van der Waals surface area contributed by atoms with E-state index in [2.05, 4.69) is 14.9 Å². The van der Waals surface area contributed by atoms with Crippen molar-refractivity contribution in [1.82, 2.24) is 14.9 Å². The molecule has 122 valence electrons. The van der Waals surface area contributed by atoms with Gasteiger partial charge in [-0.05, 0) is 49.2 Å². The largest absolute Gasteiger partial charge is 0.309 e. The van der Waals surface area contributed by atoms with Gasteiger partial charge in [-0.15, -0.1) is 0 Å². The lowest BCUT2D eigenvalue weighted by Gasteiger charge is -2.24. The fourth-order valence-electron chi connectivity index (χ4n) is 3.48. The topological polar surface area (TPSA) is 49.0 Å². The predicted octanol–water partition coefficient (Wildman–Crippen LogP) is 3.40. The molecule has 24 heavy (non-hydrogen) atoms. The third kappa shape index (κ3) is 2.83. The van der Waals surface area contributed by atoms with Crippen molar-refractivity contribution in [3.8, 4) is 0 Å². The Morgan fingerprint density at radius 3 is 2.79 bits per heavy atom. The molecule has 5 heteroatoms. The summed E-state index contributed by atoms with van der Waals surface area (Å²) >= 11 is 0. The fourth-order valence-corrected chi connectivity index (χ4v) is 3.48. The molecule has 0 radical (unpaired) electrons. The first-order valence-corrected chi connectivity index (χ1v) is 8.18. The molecule has 1 aliphatic rings. The Hall–Kier alpha value is -2.53. The first-order chi connectivity index (χ1) is 11.7. The molecule has 0 spiro atoms. The normalized spacial score (nSPS) is 18.3. The lowest BCUT2D eigenvalue weighted by atomic mass is 10.0. The van der Waals surface area contributed by atoms with Gasteiger partial charge < -0.3 is 4.98 Å². The molecular weight excluding hydrogens is 305 g/mol. The molecule has 1 fully saturated rings. The summed E-state index contributed by atoms with van der Waals surface area (Å²) in [4.78, 5) is 22.0. The molecular formula is C19H18FN3O. The molecule has 1 saturated heterocycles. The molecule has 1 atom stereocenters. The van der Waals surface area contributed by atoms with E-state index in [0.717, 1.165) is 24.9 Å². The molecule has 4 nitrogen and oxygen atoms in total. The maximum Gasteiger partial charge on any atom is 0.258 e. The lowest BCUT2D eigenvalue weighted by molar-refractivity contribution is 0.242. The van der Waals surface area contributed by atoms with Crippen LogP contribution < -0.4 is 5.56 Å². The fraction of sp³-hybridized carbons (Fsp3) is 0.263. The average molecular weight is 323 g/mol. The summed E-state index contributed by atoms with van der Waals surface area (Å²) in [5.41, 5.74) is 1.72. The van der Waals surface area contributed by atoms with Crippen molar-refractivity contribution in [1.29, 1.82) is 0 Å². The highest BCUT2D eigenvalue weighted by Crippen LogP contribution is 2.32. The second kappa shape index (κ2) is 6.17. The molecule has 0 aliphatic carbocycles. The highest BCUT2D eigenvalue weighted by atomic mass is 19.1. The van der Waals surface area contributed by atoms with E-state index in [0.29, 0.717) is 23.3 Å². The highest BCUT2D eigenvalue weighted by molar-refractivity contribution is 5.77. The van der Waals surface area contributed by atoms with E-state index in [9.17, 15) is 9.18 Å². The van der Waals surface area contributed by atoms with Gasteiger partial charge in [0.15, 0.2) is 0 Å². The van der Waals surface area contributed by atoms with Crippen LogP contribution in [0.1, 0.15) is 30.3 Å². The summed E-state index contributed by atoms with van der Waals surface area (Å²) in [5.74, 6) is 0.455. The minimum atomic E-state index is -0.219. The number of benzene rings is 2. The first kappa shape index (κ1) is 15.0. The number of nitrogens with zero attached hydrogens (tertiary/aromatic N) is 2. The van der Waals surface area contributed by atoms with Gasteiger partial charge in [0, 0.05) is 6.04 Å². The maximum absolute atomic E-state index is 13.1. The number of aromatic nitrogens is 2. The van der Waals surface area contributed by atoms with Crippen LogP contribution in [0.15, 0.2) is 53.3 Å². The summed E-state index contributed by atoms with van der Waals surface area (Å²) < 4.78 is 13.1. The van der Waals surface area contributed by atoms with Crippen LogP contribution in [0.2, 0.25) is 0 Å². The van der Waals surface area contributed by atoms with Crippen LogP contribution in [0.5, 0.6) is 0 Å². The molecule has 2 heterocycles. The number of para-hydroxylation sites is 1. The van der Waals surface area contributed by atoms with Gasteiger partial charge in [0.25, 0.3) is 5.56 Å². The first-order valence-electron chi connectivity index (χ1n) is 8.18. The molecule has 2 aromatic carbocycles. The Kier molecular flexibility index (Phi) is 3.86. The third-order valence-electron chi connectivity index (χ3n) is 4.63. The summed E-state index contributed by atoms with van der Waals surface area (Å²) in [6.07, 6.45) is 2.11. The van der Waals surface area contributed by atoms with Crippen molar-refractivity contribution in [3.63, 3.8) is 0 Å². The van der Waals surface area contributed by atoms with Crippen LogP contribution in [-0.2, 0) is 6.54 Å². The third-order valence-corrected chi connectivity index (χ3v) is 4.63. The minimum absolute atomic E-state index is 0.104. The number of H-pyrrole nitrogens is 1. The number of fused-ring (bicyclic) bond motifs is 1. The van der Waals surface area contributed by atoms with E-state index in [-0.39, 0.29) is 17.4 Å². The van der Waals surface area contributed by atoms with Crippen LogP contribution in [0.25, 0.3) is 10.9 Å². The van der Waals surface area contributed by atoms with Crippen LogP contribution >= 0.6 is 0 Å². The van der Waals surface area contributed by atoms with E-state index in [1.165, 1.54) is 12.1 Å². The molecule has 0 bridgehead atoms. The van der Waals surface area contributed by atoms with Gasteiger partial charge in [-0.1, -0.05) is 24.3 Å². The zero-order valence-corrected chi connectivity index (χ0v) is 13.2. The van der Waals surface area contributed by atoms with Gasteiger partial charge in [0.2, 0.25) is 0 Å². The second-order valence-electron chi connectivity index (χ2n) is 6.21. The number of nitrogens with one attached hydrogen (secondary N) is 1. The number of hydrogen-bond acceptors (Lipinski definition) is 3. The molecule has 4 rings (SSSR count). The zero-order chi connectivity index (χ0) is 16.5. The van der Waals surface area contributed by atoms with Crippen molar-refractivity contribution in [2.75, 3.05) is 6.54 Å². The summed E-state index contributed by atoms with van der Waals surface area (Å²) in [6.45, 7) is 1.53. The van der Waals surface area contributed by atoms with Gasteiger partial charge in [0.05, 0.1) is 17.4 Å². The molecule has 0 saturated carbocycles. The summed E-state index contributed by atoms with van der Waals surface area (Å²) in [6, 6.07) is 14.3. The Morgan fingerprint density at radius 1 is 1.17 bits per heavy atom. The zero-order valence-electron chi connectivity index (χ0n) is 13.2. The van der Waals surface area contributed by atoms with Crippen molar-refractivity contribution >= 4 is 10.9 Å². The predicted molar refractivity (Wildman–Crippen MR) is 91.1 cm³/mol. The van der Waals surface area contributed by atoms with E-state index >= 15 is 0 Å². The standard InChI is InChI=1S/C19H18FN3O/c20-14-9-7-13(8-10-14)17-6-3-11-23(17)12-18-21-16-5-2-1-4-15(16)19(24)22-18/h1-2,4-5,7-10,17H,3,6,11-12H2,(H,21,22,24)/t17-/m1/s1. The highest BCUT2D eigenvalue weighted by Gasteiger charge is 2.26. The molecule has 0 unspecified atom stereocenters. The molecule has 1 aromatic heterocycles. The SMILES string of the molecule is O=c1[nH]c(CN2CCC[C@@H]2c2ccc(F)cc2)nc2ccccc12.